The Morgan fingerprint density at radius 1 is 1.23 bits per heavy atom. The standard InChI is InChI=1S/C27H29ClN8O3S/c1-4-13-36-25(17-29-22-9-7-21(28)8-10-22)32-34-27(36)40-19(2)26(37)33-30-16-20-6-11-23(38-3)24(15-20)39-18-35-14-5-12-31-35/h4-12,14-16,19,29H,1,13,17-18H2,2-3H3,(H,33,37)/b30-16+. The number of nitrogens with zero attached hydrogens (tertiary/aromatic N) is 6. The summed E-state index contributed by atoms with van der Waals surface area (Å²) in [5.74, 6) is 1.54. The lowest BCUT2D eigenvalue weighted by Crippen LogP contribution is -2.27. The molecule has 2 heterocycles. The SMILES string of the molecule is C=CCn1c(CNc2ccc(Cl)cc2)nnc1SC(C)C(=O)N/N=C/c1ccc(OC)c(OCn2cccn2)c1. The van der Waals surface area contributed by atoms with Crippen LogP contribution in [0, 0.1) is 0 Å². The third kappa shape index (κ3) is 7.87. The van der Waals surface area contributed by atoms with Gasteiger partial charge in [-0.2, -0.15) is 10.2 Å². The van der Waals surface area contributed by atoms with Crippen molar-refractivity contribution < 1.29 is 14.3 Å². The van der Waals surface area contributed by atoms with E-state index in [2.05, 4.69) is 37.7 Å². The molecule has 0 saturated heterocycles. The Kier molecular flexibility index (Phi) is 10.2. The van der Waals surface area contributed by atoms with E-state index < -0.39 is 5.25 Å². The highest BCUT2D eigenvalue weighted by molar-refractivity contribution is 8.00. The van der Waals surface area contributed by atoms with Gasteiger partial charge in [0.25, 0.3) is 5.91 Å². The second-order valence-corrected chi connectivity index (χ2v) is 10.1. The smallest absolute Gasteiger partial charge is 0.253 e. The number of methoxy groups -OCH3 is 1. The molecule has 40 heavy (non-hydrogen) atoms. The number of allylic oxidation sites excluding steroid dienone is 1. The van der Waals surface area contributed by atoms with Crippen molar-refractivity contribution in [3.63, 3.8) is 0 Å². The largest absolute Gasteiger partial charge is 0.493 e. The summed E-state index contributed by atoms with van der Waals surface area (Å²) in [6.07, 6.45) is 6.77. The molecule has 2 N–H and O–H groups in total. The number of carbonyl (C=O) groups is 1. The van der Waals surface area contributed by atoms with Gasteiger partial charge in [-0.1, -0.05) is 29.4 Å². The number of hydrogen-bond acceptors (Lipinski definition) is 9. The number of amides is 1. The summed E-state index contributed by atoms with van der Waals surface area (Å²) >= 11 is 7.25. The number of halogens is 1. The Bertz CT molecular complexity index is 1440. The number of nitrogens with one attached hydrogen (secondary N) is 2. The minimum Gasteiger partial charge on any atom is -0.493 e. The number of aromatic nitrogens is 5. The molecule has 2 aromatic heterocycles. The number of thioether (sulfide) groups is 1. The van der Waals surface area contributed by atoms with Gasteiger partial charge in [0, 0.05) is 29.6 Å². The topological polar surface area (TPSA) is 120 Å². The molecule has 0 fully saturated rings. The Balaban J connectivity index is 1.34. The van der Waals surface area contributed by atoms with Crippen LogP contribution in [0.15, 0.2) is 83.8 Å². The molecule has 4 aromatic rings. The molecule has 0 spiro atoms. The molecule has 1 atom stereocenters. The molecule has 0 aliphatic rings. The van der Waals surface area contributed by atoms with Gasteiger partial charge in [0.2, 0.25) is 0 Å². The lowest BCUT2D eigenvalue weighted by Gasteiger charge is -2.12. The van der Waals surface area contributed by atoms with E-state index in [-0.39, 0.29) is 12.6 Å². The maximum atomic E-state index is 12.8. The van der Waals surface area contributed by atoms with E-state index in [0.29, 0.717) is 40.6 Å². The first-order chi connectivity index (χ1) is 19.5. The van der Waals surface area contributed by atoms with Gasteiger partial charge in [0.05, 0.1) is 25.1 Å². The number of ether oxygens (including phenoxy) is 2. The molecule has 1 amide bonds. The van der Waals surface area contributed by atoms with E-state index >= 15 is 0 Å². The maximum absolute atomic E-state index is 12.8. The third-order valence-corrected chi connectivity index (χ3v) is 6.87. The number of anilines is 1. The van der Waals surface area contributed by atoms with Gasteiger partial charge in [0.1, 0.15) is 0 Å². The van der Waals surface area contributed by atoms with Crippen LogP contribution in [0.3, 0.4) is 0 Å². The van der Waals surface area contributed by atoms with Crippen LogP contribution >= 0.6 is 23.4 Å². The van der Waals surface area contributed by atoms with E-state index in [1.165, 1.54) is 18.0 Å². The van der Waals surface area contributed by atoms with Gasteiger partial charge < -0.3 is 19.4 Å². The van der Waals surface area contributed by atoms with E-state index in [1.54, 1.807) is 49.3 Å². The number of hydrazone groups is 1. The second kappa shape index (κ2) is 14.2. The molecule has 0 saturated carbocycles. The summed E-state index contributed by atoms with van der Waals surface area (Å²) in [7, 11) is 1.57. The average molecular weight is 581 g/mol. The van der Waals surface area contributed by atoms with Crippen LogP contribution in [0.25, 0.3) is 0 Å². The predicted octanol–water partition coefficient (Wildman–Crippen LogP) is 4.60. The molecular formula is C27H29ClN8O3S. The van der Waals surface area contributed by atoms with Crippen molar-refractivity contribution in [1.82, 2.24) is 30.0 Å². The van der Waals surface area contributed by atoms with E-state index in [1.807, 2.05) is 41.0 Å². The molecule has 0 radical (unpaired) electrons. The van der Waals surface area contributed by atoms with Crippen molar-refractivity contribution in [2.75, 3.05) is 12.4 Å². The summed E-state index contributed by atoms with van der Waals surface area (Å²) in [6, 6.07) is 14.6. The summed E-state index contributed by atoms with van der Waals surface area (Å²) in [4.78, 5) is 12.8. The van der Waals surface area contributed by atoms with Crippen molar-refractivity contribution in [2.24, 2.45) is 5.10 Å². The number of benzene rings is 2. The van der Waals surface area contributed by atoms with E-state index in [4.69, 9.17) is 21.1 Å². The summed E-state index contributed by atoms with van der Waals surface area (Å²) < 4.78 is 14.7. The van der Waals surface area contributed by atoms with Crippen molar-refractivity contribution in [3.8, 4) is 11.5 Å². The molecule has 0 aliphatic carbocycles. The quantitative estimate of drug-likeness (QED) is 0.0960. The highest BCUT2D eigenvalue weighted by Gasteiger charge is 2.19. The molecule has 11 nitrogen and oxygen atoms in total. The van der Waals surface area contributed by atoms with Crippen LogP contribution in [0.2, 0.25) is 5.02 Å². The van der Waals surface area contributed by atoms with Crippen LogP contribution in [-0.2, 0) is 24.6 Å². The van der Waals surface area contributed by atoms with E-state index in [0.717, 1.165) is 11.3 Å². The average Bonchev–Trinajstić information content (AvgIpc) is 3.62. The highest BCUT2D eigenvalue weighted by atomic mass is 35.5. The highest BCUT2D eigenvalue weighted by Crippen LogP contribution is 2.28. The van der Waals surface area contributed by atoms with Gasteiger partial charge in [-0.25, -0.2) is 10.1 Å². The first-order valence-corrected chi connectivity index (χ1v) is 13.5. The third-order valence-electron chi connectivity index (χ3n) is 5.54. The molecule has 208 valence electrons. The maximum Gasteiger partial charge on any atom is 0.253 e. The Morgan fingerprint density at radius 3 is 2.77 bits per heavy atom. The van der Waals surface area contributed by atoms with Crippen LogP contribution in [0.1, 0.15) is 18.3 Å². The second-order valence-electron chi connectivity index (χ2n) is 8.38. The first kappa shape index (κ1) is 28.7. The van der Waals surface area contributed by atoms with Gasteiger partial charge >= 0.3 is 0 Å². The fourth-order valence-corrected chi connectivity index (χ4v) is 4.47. The molecule has 0 bridgehead atoms. The first-order valence-electron chi connectivity index (χ1n) is 12.3. The fraction of sp³-hybridized carbons (Fsp3) is 0.222. The van der Waals surface area contributed by atoms with Crippen molar-refractivity contribution >= 4 is 41.2 Å². The monoisotopic (exact) mass is 580 g/mol. The summed E-state index contributed by atoms with van der Waals surface area (Å²) in [5, 5.41) is 20.9. The van der Waals surface area contributed by atoms with Crippen LogP contribution in [0.5, 0.6) is 11.5 Å². The fourth-order valence-electron chi connectivity index (χ4n) is 3.47. The van der Waals surface area contributed by atoms with Crippen molar-refractivity contribution in [1.29, 1.82) is 0 Å². The minimum absolute atomic E-state index is 0.227. The zero-order valence-electron chi connectivity index (χ0n) is 22.0. The summed E-state index contributed by atoms with van der Waals surface area (Å²) in [6.45, 7) is 6.79. The lowest BCUT2D eigenvalue weighted by atomic mass is 10.2. The Labute approximate surface area is 241 Å². The molecular weight excluding hydrogens is 552 g/mol. The molecule has 13 heteroatoms. The number of hydrogen-bond donors (Lipinski definition) is 2. The molecule has 1 unspecified atom stereocenters. The Hall–Kier alpha value is -4.29. The van der Waals surface area contributed by atoms with Crippen molar-refractivity contribution in [2.45, 2.75) is 37.2 Å². The van der Waals surface area contributed by atoms with Crippen LogP contribution in [0.4, 0.5) is 5.69 Å². The normalized spacial score (nSPS) is 11.8. The molecule has 2 aromatic carbocycles. The van der Waals surface area contributed by atoms with E-state index in [9.17, 15) is 4.79 Å². The van der Waals surface area contributed by atoms with Gasteiger partial charge in [-0.15, -0.1) is 16.8 Å². The predicted molar refractivity (Wildman–Crippen MR) is 156 cm³/mol. The zero-order valence-corrected chi connectivity index (χ0v) is 23.6. The minimum atomic E-state index is -0.481. The molecule has 0 aliphatic heterocycles. The zero-order chi connectivity index (χ0) is 28.3. The van der Waals surface area contributed by atoms with Gasteiger partial charge in [0.15, 0.2) is 29.2 Å². The summed E-state index contributed by atoms with van der Waals surface area (Å²) in [5.41, 5.74) is 4.22. The van der Waals surface area contributed by atoms with Gasteiger partial charge in [-0.3, -0.25) is 4.79 Å². The number of carbonyl (C=O) groups excluding carboxylic acids is 1. The Morgan fingerprint density at radius 2 is 2.05 bits per heavy atom. The van der Waals surface area contributed by atoms with Crippen molar-refractivity contribution in [3.05, 3.63) is 90.0 Å². The molecule has 4 rings (SSSR count). The van der Waals surface area contributed by atoms with Crippen LogP contribution < -0.4 is 20.2 Å². The van der Waals surface area contributed by atoms with Crippen LogP contribution in [-0.4, -0.2) is 49.0 Å². The van der Waals surface area contributed by atoms with Gasteiger partial charge in [-0.05, 0) is 61.0 Å². The lowest BCUT2D eigenvalue weighted by molar-refractivity contribution is -0.120. The number of rotatable bonds is 14.